The van der Waals surface area contributed by atoms with Gasteiger partial charge in [-0.15, -0.1) is 0 Å². The summed E-state index contributed by atoms with van der Waals surface area (Å²) in [7, 11) is 3.84. The van der Waals surface area contributed by atoms with E-state index in [2.05, 4.69) is 28.0 Å². The van der Waals surface area contributed by atoms with Gasteiger partial charge in [0, 0.05) is 99.7 Å². The van der Waals surface area contributed by atoms with Crippen LogP contribution in [0.3, 0.4) is 0 Å². The van der Waals surface area contributed by atoms with Crippen molar-refractivity contribution in [2.24, 2.45) is 14.1 Å². The molecule has 0 saturated carbocycles. The maximum absolute atomic E-state index is 15.3. The number of fused-ring (bicyclic) bond motifs is 4. The number of ether oxygens (including phenoxy) is 3. The Kier molecular flexibility index (Phi) is 9.38. The summed E-state index contributed by atoms with van der Waals surface area (Å²) in [6.45, 7) is 8.53. The first-order chi connectivity index (χ1) is 28.7. The van der Waals surface area contributed by atoms with E-state index in [0.717, 1.165) is 69.0 Å². The second-order valence-electron chi connectivity index (χ2n) is 16.1. The molecule has 0 unspecified atom stereocenters. The lowest BCUT2D eigenvalue weighted by molar-refractivity contribution is -0.0485. The van der Waals surface area contributed by atoms with Crippen LogP contribution in [0.15, 0.2) is 91.3 Å². The first kappa shape index (κ1) is 37.1. The molecule has 4 aliphatic rings. The molecule has 0 aliphatic carbocycles. The molecule has 0 radical (unpaired) electrons. The van der Waals surface area contributed by atoms with Gasteiger partial charge in [0.1, 0.15) is 11.4 Å². The first-order valence-corrected chi connectivity index (χ1v) is 20.3. The number of rotatable bonds is 7. The molecule has 10 rings (SSSR count). The second kappa shape index (κ2) is 14.9. The van der Waals surface area contributed by atoms with Gasteiger partial charge >= 0.3 is 0 Å². The minimum absolute atomic E-state index is 0.0558. The van der Waals surface area contributed by atoms with E-state index >= 15 is 4.79 Å². The van der Waals surface area contributed by atoms with E-state index in [1.54, 1.807) is 35.4 Å². The number of hydrogen-bond donors (Lipinski definition) is 1. The summed E-state index contributed by atoms with van der Waals surface area (Å²) in [6, 6.07) is 24.7. The molecule has 59 heavy (non-hydrogen) atoms. The van der Waals surface area contributed by atoms with Gasteiger partial charge in [-0.25, -0.2) is 4.98 Å². The zero-order chi connectivity index (χ0) is 40.4. The van der Waals surface area contributed by atoms with Crippen molar-refractivity contribution in [1.82, 2.24) is 28.8 Å². The molecule has 6 aromatic rings. The van der Waals surface area contributed by atoms with Crippen LogP contribution in [-0.2, 0) is 31.8 Å². The predicted octanol–water partition coefficient (Wildman–Crippen LogP) is 5.88. The standard InChI is InChI=1S/C46H47N7O6/c1-29-38(46(56)53(33-8-10-37(54)11-9-33)34-19-31-12-13-48(2)44(31)47-23-34)20-41(49(29)3)39-21-42-43(59-28-58-42)22-40(39)45(55)52-24-32-7-5-4-6-30(32)18-35(52)25-50-14-15-51-16-17-57-27-36(51)26-50/h4-13,19-23,35-36,54H,14-18,24-28H2,1-3H3/t35-,36-/m0/s1. The third-order valence-corrected chi connectivity index (χ3v) is 12.7. The molecule has 1 N–H and O–H groups in total. The normalized spacial score (nSPS) is 19.1. The number of amides is 2. The fourth-order valence-electron chi connectivity index (χ4n) is 9.29. The molecule has 3 aromatic carbocycles. The minimum atomic E-state index is -0.281. The molecule has 4 aliphatic heterocycles. The molecular weight excluding hydrogens is 747 g/mol. The number of pyridine rings is 1. The molecule has 302 valence electrons. The molecule has 13 nitrogen and oxygen atoms in total. The molecule has 2 atom stereocenters. The summed E-state index contributed by atoms with van der Waals surface area (Å²) < 4.78 is 21.5. The van der Waals surface area contributed by atoms with Crippen molar-refractivity contribution in [2.75, 3.05) is 57.6 Å². The Morgan fingerprint density at radius 2 is 1.69 bits per heavy atom. The highest BCUT2D eigenvalue weighted by Crippen LogP contribution is 2.42. The number of aryl methyl sites for hydroxylation is 1. The van der Waals surface area contributed by atoms with Gasteiger partial charge in [0.05, 0.1) is 36.2 Å². The predicted molar refractivity (Wildman–Crippen MR) is 223 cm³/mol. The minimum Gasteiger partial charge on any atom is -0.508 e. The lowest BCUT2D eigenvalue weighted by Crippen LogP contribution is -2.60. The van der Waals surface area contributed by atoms with E-state index < -0.39 is 0 Å². The molecule has 7 heterocycles. The molecule has 2 fully saturated rings. The number of nitrogens with zero attached hydrogens (tertiary/aromatic N) is 7. The Hall–Kier alpha value is -6.15. The Labute approximate surface area is 342 Å². The van der Waals surface area contributed by atoms with Gasteiger partial charge < -0.3 is 33.4 Å². The zero-order valence-corrected chi connectivity index (χ0v) is 33.5. The van der Waals surface area contributed by atoms with Gasteiger partial charge in [0.25, 0.3) is 11.8 Å². The molecule has 2 saturated heterocycles. The lowest BCUT2D eigenvalue weighted by Gasteiger charge is -2.46. The Balaban J connectivity index is 1.03. The van der Waals surface area contributed by atoms with Crippen LogP contribution in [0.1, 0.15) is 37.5 Å². The van der Waals surface area contributed by atoms with E-state index in [4.69, 9.17) is 19.2 Å². The average molecular weight is 794 g/mol. The summed E-state index contributed by atoms with van der Waals surface area (Å²) in [5.41, 5.74) is 7.36. The van der Waals surface area contributed by atoms with Crippen molar-refractivity contribution in [3.8, 4) is 28.5 Å². The number of anilines is 2. The van der Waals surface area contributed by atoms with E-state index in [-0.39, 0.29) is 30.4 Å². The van der Waals surface area contributed by atoms with Crippen molar-refractivity contribution in [3.05, 3.63) is 119 Å². The van der Waals surface area contributed by atoms with Crippen LogP contribution in [0.4, 0.5) is 11.4 Å². The summed E-state index contributed by atoms with van der Waals surface area (Å²) in [5, 5.41) is 11.0. The highest BCUT2D eigenvalue weighted by Gasteiger charge is 2.37. The van der Waals surface area contributed by atoms with Crippen molar-refractivity contribution in [3.63, 3.8) is 0 Å². The highest BCUT2D eigenvalue weighted by molar-refractivity contribution is 6.13. The van der Waals surface area contributed by atoms with Crippen LogP contribution in [0.5, 0.6) is 17.2 Å². The first-order valence-electron chi connectivity index (χ1n) is 20.3. The summed E-state index contributed by atoms with van der Waals surface area (Å²) in [4.78, 5) is 43.6. The van der Waals surface area contributed by atoms with Crippen LogP contribution in [0, 0.1) is 6.92 Å². The molecular formula is C46H47N7O6. The number of phenols is 1. The van der Waals surface area contributed by atoms with Crippen LogP contribution in [-0.4, -0.2) is 111 Å². The lowest BCUT2D eigenvalue weighted by atomic mass is 9.91. The van der Waals surface area contributed by atoms with Gasteiger partial charge in [0.15, 0.2) is 11.5 Å². The van der Waals surface area contributed by atoms with Gasteiger partial charge in [-0.1, -0.05) is 24.3 Å². The number of piperazine rings is 1. The van der Waals surface area contributed by atoms with Crippen LogP contribution >= 0.6 is 0 Å². The molecule has 13 heteroatoms. The number of carbonyl (C=O) groups excluding carboxylic acids is 2. The third kappa shape index (κ3) is 6.68. The Bertz CT molecular complexity index is 2600. The molecule has 2 amide bonds. The smallest absolute Gasteiger partial charge is 0.264 e. The zero-order valence-electron chi connectivity index (χ0n) is 33.5. The average Bonchev–Trinajstić information content (AvgIpc) is 3.96. The van der Waals surface area contributed by atoms with Gasteiger partial charge in [0.2, 0.25) is 6.79 Å². The quantitative estimate of drug-likeness (QED) is 0.212. The highest BCUT2D eigenvalue weighted by atomic mass is 16.7. The van der Waals surface area contributed by atoms with Crippen molar-refractivity contribution < 1.29 is 28.9 Å². The fraction of sp³-hybridized carbons (Fsp3) is 0.326. The van der Waals surface area contributed by atoms with E-state index in [1.165, 1.54) is 5.56 Å². The maximum Gasteiger partial charge on any atom is 0.264 e. The second-order valence-corrected chi connectivity index (χ2v) is 16.1. The monoisotopic (exact) mass is 793 g/mol. The van der Waals surface area contributed by atoms with Gasteiger partial charge in [-0.3, -0.25) is 24.3 Å². The molecule has 0 spiro atoms. The number of carbonyl (C=O) groups is 2. The third-order valence-electron chi connectivity index (χ3n) is 12.7. The topological polar surface area (TPSA) is 118 Å². The summed E-state index contributed by atoms with van der Waals surface area (Å²) >= 11 is 0. The fourth-order valence-corrected chi connectivity index (χ4v) is 9.29. The number of aromatic hydroxyl groups is 1. The van der Waals surface area contributed by atoms with Gasteiger partial charge in [-0.2, -0.15) is 0 Å². The Morgan fingerprint density at radius 3 is 2.53 bits per heavy atom. The van der Waals surface area contributed by atoms with E-state index in [9.17, 15) is 9.90 Å². The number of aromatic nitrogens is 3. The van der Waals surface area contributed by atoms with E-state index in [1.807, 2.05) is 77.6 Å². The summed E-state index contributed by atoms with van der Waals surface area (Å²) in [6.07, 6.45) is 4.38. The van der Waals surface area contributed by atoms with Crippen LogP contribution in [0.25, 0.3) is 22.3 Å². The summed E-state index contributed by atoms with van der Waals surface area (Å²) in [5.74, 6) is 0.777. The van der Waals surface area contributed by atoms with Crippen LogP contribution in [0.2, 0.25) is 0 Å². The number of hydrogen-bond acceptors (Lipinski definition) is 9. The maximum atomic E-state index is 15.3. The number of morpholine rings is 1. The Morgan fingerprint density at radius 1 is 0.898 bits per heavy atom. The van der Waals surface area contributed by atoms with Crippen molar-refractivity contribution >= 4 is 34.2 Å². The van der Waals surface area contributed by atoms with Gasteiger partial charge in [-0.05, 0) is 79.1 Å². The van der Waals surface area contributed by atoms with Crippen molar-refractivity contribution in [2.45, 2.75) is 32.0 Å². The number of benzene rings is 3. The van der Waals surface area contributed by atoms with Crippen molar-refractivity contribution in [1.29, 1.82) is 0 Å². The SMILES string of the molecule is Cc1c(C(=O)N(c2ccc(O)cc2)c2cnc3c(ccn3C)c2)cc(-c2cc3c(cc2C(=O)N2Cc4ccccc4C[C@H]2CN2CCN4CCOC[C@@H]4C2)OCO3)n1C. The van der Waals surface area contributed by atoms with E-state index in [0.29, 0.717) is 63.5 Å². The van der Waals surface area contributed by atoms with Crippen LogP contribution < -0.4 is 14.4 Å². The molecule has 0 bridgehead atoms. The number of phenolic OH excluding ortho intramolecular Hbond substituents is 1. The largest absolute Gasteiger partial charge is 0.508 e. The molecule has 3 aromatic heterocycles.